The Morgan fingerprint density at radius 2 is 2.03 bits per heavy atom. The summed E-state index contributed by atoms with van der Waals surface area (Å²) < 4.78 is 0. The number of nitrogens with one attached hydrogen (secondary N) is 2. The van der Waals surface area contributed by atoms with Crippen LogP contribution in [0.4, 0.5) is 5.69 Å². The average Bonchev–Trinajstić information content (AvgIpc) is 3.41. The second-order valence-corrected chi connectivity index (χ2v) is 7.94. The molecule has 4 aromatic rings. The molecule has 0 spiro atoms. The van der Waals surface area contributed by atoms with E-state index in [0.717, 1.165) is 21.8 Å². The number of aromatic amines is 1. The molecule has 1 atom stereocenters. The molecule has 5 rings (SSSR count). The lowest BCUT2D eigenvalue weighted by atomic mass is 10.1. The van der Waals surface area contributed by atoms with Crippen molar-refractivity contribution in [1.29, 1.82) is 0 Å². The topological polar surface area (TPSA) is 78.1 Å². The molecule has 29 heavy (non-hydrogen) atoms. The van der Waals surface area contributed by atoms with Crippen molar-refractivity contribution in [1.82, 2.24) is 14.9 Å². The molecule has 1 aliphatic heterocycles. The van der Waals surface area contributed by atoms with Crippen molar-refractivity contribution in [2.45, 2.75) is 6.04 Å². The molecule has 144 valence electrons. The highest BCUT2D eigenvalue weighted by molar-refractivity contribution is 7.99. The van der Waals surface area contributed by atoms with Crippen LogP contribution < -0.4 is 5.32 Å². The summed E-state index contributed by atoms with van der Waals surface area (Å²) in [5, 5.41) is 4.79. The third-order valence-corrected chi connectivity index (χ3v) is 6.15. The Morgan fingerprint density at radius 3 is 2.97 bits per heavy atom. The van der Waals surface area contributed by atoms with Gasteiger partial charge in [0.15, 0.2) is 0 Å². The van der Waals surface area contributed by atoms with Crippen molar-refractivity contribution < 1.29 is 9.59 Å². The molecule has 1 aliphatic rings. The molecule has 3 heterocycles. The lowest BCUT2D eigenvalue weighted by Crippen LogP contribution is -2.44. The summed E-state index contributed by atoms with van der Waals surface area (Å²) in [6.45, 7) is 0. The zero-order valence-electron chi connectivity index (χ0n) is 15.5. The van der Waals surface area contributed by atoms with Gasteiger partial charge in [0, 0.05) is 40.1 Å². The third-order valence-electron chi connectivity index (χ3n) is 5.14. The van der Waals surface area contributed by atoms with Gasteiger partial charge in [-0.15, -0.1) is 11.8 Å². The number of pyridine rings is 1. The lowest BCUT2D eigenvalue weighted by molar-refractivity contribution is -0.119. The molecule has 0 aliphatic carbocycles. The van der Waals surface area contributed by atoms with E-state index in [2.05, 4.69) is 15.3 Å². The highest BCUT2D eigenvalue weighted by Crippen LogP contribution is 2.27. The maximum absolute atomic E-state index is 13.2. The molecule has 0 saturated carbocycles. The molecule has 2 amide bonds. The van der Waals surface area contributed by atoms with Crippen molar-refractivity contribution in [3.63, 3.8) is 0 Å². The van der Waals surface area contributed by atoms with Crippen molar-refractivity contribution in [2.24, 2.45) is 0 Å². The van der Waals surface area contributed by atoms with E-state index in [-0.39, 0.29) is 11.8 Å². The number of nitrogens with zero attached hydrogens (tertiary/aromatic N) is 2. The Morgan fingerprint density at radius 1 is 1.14 bits per heavy atom. The molecular weight excluding hydrogens is 384 g/mol. The summed E-state index contributed by atoms with van der Waals surface area (Å²) in [6.07, 6.45) is 3.46. The number of para-hydroxylation sites is 1. The van der Waals surface area contributed by atoms with Gasteiger partial charge in [-0.3, -0.25) is 14.6 Å². The molecule has 2 aromatic heterocycles. The first-order valence-electron chi connectivity index (χ1n) is 9.31. The second kappa shape index (κ2) is 7.25. The quantitative estimate of drug-likeness (QED) is 0.545. The van der Waals surface area contributed by atoms with Gasteiger partial charge < -0.3 is 15.2 Å². The maximum atomic E-state index is 13.2. The molecule has 1 saturated heterocycles. The standard InChI is InChI=1S/C22H18N4O2S/c27-21(25-15-7-8-18-14(10-15)4-3-9-23-18)20-12-29-13-26(20)22(28)17-11-24-19-6-2-1-5-16(17)19/h1-11,20,24H,12-13H2,(H,25,27). The van der Waals surface area contributed by atoms with E-state index in [1.807, 2.05) is 54.6 Å². The van der Waals surface area contributed by atoms with Crippen LogP contribution in [0.5, 0.6) is 0 Å². The van der Waals surface area contributed by atoms with Gasteiger partial charge in [0.05, 0.1) is 17.0 Å². The zero-order chi connectivity index (χ0) is 19.8. The van der Waals surface area contributed by atoms with Gasteiger partial charge >= 0.3 is 0 Å². The summed E-state index contributed by atoms with van der Waals surface area (Å²) in [7, 11) is 0. The first-order valence-corrected chi connectivity index (χ1v) is 10.5. The molecule has 0 bridgehead atoms. The van der Waals surface area contributed by atoms with Crippen LogP contribution in [0.3, 0.4) is 0 Å². The second-order valence-electron chi connectivity index (χ2n) is 6.94. The number of amides is 2. The number of carbonyl (C=O) groups is 2. The number of benzene rings is 2. The van der Waals surface area contributed by atoms with Gasteiger partial charge in [0.2, 0.25) is 5.91 Å². The van der Waals surface area contributed by atoms with Crippen molar-refractivity contribution >= 4 is 51.1 Å². The molecule has 2 N–H and O–H groups in total. The minimum atomic E-state index is -0.509. The van der Waals surface area contributed by atoms with E-state index < -0.39 is 6.04 Å². The van der Waals surface area contributed by atoms with Crippen LogP contribution in [0.25, 0.3) is 21.8 Å². The SMILES string of the molecule is O=C(Nc1ccc2ncccc2c1)C1CSCN1C(=O)c1c[nH]c2ccccc12. The summed E-state index contributed by atoms with van der Waals surface area (Å²) in [6, 6.07) is 16.6. The Balaban J connectivity index is 1.38. The molecular formula is C22H18N4O2S. The van der Waals surface area contributed by atoms with Crippen LogP contribution in [0.1, 0.15) is 10.4 Å². The highest BCUT2D eigenvalue weighted by atomic mass is 32.2. The van der Waals surface area contributed by atoms with E-state index in [1.54, 1.807) is 29.1 Å². The van der Waals surface area contributed by atoms with Crippen molar-refractivity contribution in [3.8, 4) is 0 Å². The maximum Gasteiger partial charge on any atom is 0.257 e. The van der Waals surface area contributed by atoms with Crippen molar-refractivity contribution in [2.75, 3.05) is 16.9 Å². The largest absolute Gasteiger partial charge is 0.360 e. The number of rotatable bonds is 3. The van der Waals surface area contributed by atoms with E-state index in [1.165, 1.54) is 0 Å². The summed E-state index contributed by atoms with van der Waals surface area (Å²) in [5.41, 5.74) is 3.08. The number of aromatic nitrogens is 2. The normalized spacial score (nSPS) is 16.4. The molecule has 2 aromatic carbocycles. The van der Waals surface area contributed by atoms with Crippen LogP contribution in [0.15, 0.2) is 67.0 Å². The van der Waals surface area contributed by atoms with Crippen LogP contribution in [-0.2, 0) is 4.79 Å². The van der Waals surface area contributed by atoms with Crippen LogP contribution in [0, 0.1) is 0 Å². The first-order chi connectivity index (χ1) is 14.2. The molecule has 1 unspecified atom stereocenters. The number of anilines is 1. The monoisotopic (exact) mass is 402 g/mol. The van der Waals surface area contributed by atoms with Gasteiger partial charge in [-0.05, 0) is 30.3 Å². The first kappa shape index (κ1) is 17.8. The Labute approximate surface area is 171 Å². The van der Waals surface area contributed by atoms with Crippen molar-refractivity contribution in [3.05, 3.63) is 72.6 Å². The Kier molecular flexibility index (Phi) is 4.44. The van der Waals surface area contributed by atoms with E-state index in [0.29, 0.717) is 22.9 Å². The Bertz CT molecular complexity index is 1240. The van der Waals surface area contributed by atoms with Gasteiger partial charge in [0.25, 0.3) is 5.91 Å². The summed E-state index contributed by atoms with van der Waals surface area (Å²) in [4.78, 5) is 35.2. The molecule has 0 radical (unpaired) electrons. The predicted molar refractivity (Wildman–Crippen MR) is 116 cm³/mol. The fraction of sp³-hybridized carbons (Fsp3) is 0.136. The van der Waals surface area contributed by atoms with E-state index in [4.69, 9.17) is 0 Å². The van der Waals surface area contributed by atoms with Gasteiger partial charge in [-0.25, -0.2) is 0 Å². The van der Waals surface area contributed by atoms with Gasteiger partial charge in [-0.1, -0.05) is 24.3 Å². The van der Waals surface area contributed by atoms with Gasteiger partial charge in [0.1, 0.15) is 6.04 Å². The zero-order valence-corrected chi connectivity index (χ0v) is 16.3. The number of thioether (sulfide) groups is 1. The fourth-order valence-corrected chi connectivity index (χ4v) is 4.80. The smallest absolute Gasteiger partial charge is 0.257 e. The van der Waals surface area contributed by atoms with E-state index in [9.17, 15) is 9.59 Å². The average molecular weight is 402 g/mol. The summed E-state index contributed by atoms with van der Waals surface area (Å²) in [5.74, 6) is 0.773. The van der Waals surface area contributed by atoms with E-state index >= 15 is 0 Å². The number of carbonyl (C=O) groups excluding carboxylic acids is 2. The number of hydrogen-bond donors (Lipinski definition) is 2. The summed E-state index contributed by atoms with van der Waals surface area (Å²) >= 11 is 1.59. The fourth-order valence-electron chi connectivity index (χ4n) is 3.64. The van der Waals surface area contributed by atoms with Gasteiger partial charge in [-0.2, -0.15) is 0 Å². The molecule has 1 fully saturated rings. The van der Waals surface area contributed by atoms with Crippen LogP contribution in [-0.4, -0.2) is 44.4 Å². The van der Waals surface area contributed by atoms with Crippen LogP contribution in [0.2, 0.25) is 0 Å². The minimum absolute atomic E-state index is 0.129. The lowest BCUT2D eigenvalue weighted by Gasteiger charge is -2.23. The highest BCUT2D eigenvalue weighted by Gasteiger charge is 2.36. The third kappa shape index (κ3) is 3.23. The molecule has 7 heteroatoms. The number of fused-ring (bicyclic) bond motifs is 2. The number of hydrogen-bond acceptors (Lipinski definition) is 4. The number of H-pyrrole nitrogens is 1. The van der Waals surface area contributed by atoms with Crippen LogP contribution >= 0.6 is 11.8 Å². The molecule has 6 nitrogen and oxygen atoms in total. The predicted octanol–water partition coefficient (Wildman–Crippen LogP) is 3.87. The Hall–Kier alpha value is -3.32. The minimum Gasteiger partial charge on any atom is -0.360 e.